The van der Waals surface area contributed by atoms with Gasteiger partial charge < -0.3 is 10.2 Å². The smallest absolute Gasteiger partial charge is 0.237 e. The Labute approximate surface area is 191 Å². The summed E-state index contributed by atoms with van der Waals surface area (Å²) >= 11 is 0. The SMILES string of the molecule is Cc1cc(N2CCCCC2)nc(Nc2ccc(NS(=O)(=O)Cc3cc(F)ccc3F)cc2)n1. The lowest BCUT2D eigenvalue weighted by molar-refractivity contribution is 0.573. The van der Waals surface area contributed by atoms with Gasteiger partial charge in [0.1, 0.15) is 17.5 Å². The average Bonchev–Trinajstić information content (AvgIpc) is 2.77. The second-order valence-corrected chi connectivity index (χ2v) is 9.76. The first-order chi connectivity index (χ1) is 15.8. The molecule has 0 aliphatic carbocycles. The van der Waals surface area contributed by atoms with Crippen LogP contribution in [0, 0.1) is 18.6 Å². The van der Waals surface area contributed by atoms with Crippen LogP contribution in [0.2, 0.25) is 0 Å². The van der Waals surface area contributed by atoms with Crippen molar-refractivity contribution in [1.29, 1.82) is 0 Å². The monoisotopic (exact) mass is 473 g/mol. The normalized spacial score (nSPS) is 14.2. The summed E-state index contributed by atoms with van der Waals surface area (Å²) in [7, 11) is -3.93. The average molecular weight is 474 g/mol. The molecule has 1 aliphatic heterocycles. The Morgan fingerprint density at radius 3 is 2.36 bits per heavy atom. The number of nitrogens with zero attached hydrogens (tertiary/aromatic N) is 3. The predicted octanol–water partition coefficient (Wildman–Crippen LogP) is 4.74. The third-order valence-electron chi connectivity index (χ3n) is 5.29. The minimum Gasteiger partial charge on any atom is -0.356 e. The minimum absolute atomic E-state index is 0.234. The molecule has 1 fully saturated rings. The van der Waals surface area contributed by atoms with Gasteiger partial charge in [-0.1, -0.05) is 0 Å². The molecular formula is C23H25F2N5O2S. The number of aryl methyl sites for hydroxylation is 1. The first-order valence-corrected chi connectivity index (χ1v) is 12.3. The van der Waals surface area contributed by atoms with Gasteiger partial charge in [0, 0.05) is 41.8 Å². The summed E-state index contributed by atoms with van der Waals surface area (Å²) in [5.41, 5.74) is 1.60. The van der Waals surface area contributed by atoms with Gasteiger partial charge in [0.05, 0.1) is 5.75 Å². The number of anilines is 4. The molecule has 7 nitrogen and oxygen atoms in total. The van der Waals surface area contributed by atoms with Crippen molar-refractivity contribution in [2.24, 2.45) is 0 Å². The van der Waals surface area contributed by atoms with E-state index in [1.807, 2.05) is 13.0 Å². The molecule has 2 heterocycles. The summed E-state index contributed by atoms with van der Waals surface area (Å²) in [5, 5.41) is 3.15. The van der Waals surface area contributed by atoms with E-state index in [1.165, 1.54) is 6.42 Å². The van der Waals surface area contributed by atoms with Crippen LogP contribution < -0.4 is 14.9 Å². The maximum atomic E-state index is 13.8. The van der Waals surface area contributed by atoms with Crippen molar-refractivity contribution in [2.75, 3.05) is 28.0 Å². The summed E-state index contributed by atoms with van der Waals surface area (Å²) < 4.78 is 54.3. The molecule has 0 unspecified atom stereocenters. The molecular weight excluding hydrogens is 448 g/mol. The molecule has 33 heavy (non-hydrogen) atoms. The van der Waals surface area contributed by atoms with E-state index in [0.717, 1.165) is 55.6 Å². The van der Waals surface area contributed by atoms with Crippen molar-refractivity contribution in [3.05, 3.63) is 71.4 Å². The molecule has 2 aromatic carbocycles. The Balaban J connectivity index is 1.43. The lowest BCUT2D eigenvalue weighted by Crippen LogP contribution is -2.30. The van der Waals surface area contributed by atoms with E-state index < -0.39 is 27.4 Å². The van der Waals surface area contributed by atoms with Gasteiger partial charge in [0.25, 0.3) is 0 Å². The Hall–Kier alpha value is -3.27. The maximum absolute atomic E-state index is 13.8. The van der Waals surface area contributed by atoms with Crippen LogP contribution in [0.25, 0.3) is 0 Å². The molecule has 0 saturated carbocycles. The Morgan fingerprint density at radius 2 is 1.64 bits per heavy atom. The van der Waals surface area contributed by atoms with Gasteiger partial charge in [-0.05, 0) is 68.7 Å². The van der Waals surface area contributed by atoms with Crippen molar-refractivity contribution < 1.29 is 17.2 Å². The van der Waals surface area contributed by atoms with Crippen molar-refractivity contribution in [3.8, 4) is 0 Å². The zero-order chi connectivity index (χ0) is 23.4. The molecule has 1 aliphatic rings. The molecule has 0 atom stereocenters. The van der Waals surface area contributed by atoms with Gasteiger partial charge in [-0.25, -0.2) is 22.2 Å². The molecule has 2 N–H and O–H groups in total. The van der Waals surface area contributed by atoms with Gasteiger partial charge >= 0.3 is 0 Å². The lowest BCUT2D eigenvalue weighted by atomic mass is 10.1. The highest BCUT2D eigenvalue weighted by Gasteiger charge is 2.16. The van der Waals surface area contributed by atoms with Crippen LogP contribution in [-0.4, -0.2) is 31.5 Å². The topological polar surface area (TPSA) is 87.2 Å². The van der Waals surface area contributed by atoms with Crippen LogP contribution in [0.1, 0.15) is 30.5 Å². The molecule has 0 radical (unpaired) electrons. The number of nitrogens with one attached hydrogen (secondary N) is 2. The fraction of sp³-hybridized carbons (Fsp3) is 0.304. The number of rotatable bonds is 7. The zero-order valence-electron chi connectivity index (χ0n) is 18.2. The molecule has 4 rings (SSSR count). The van der Waals surface area contributed by atoms with Crippen molar-refractivity contribution in [3.63, 3.8) is 0 Å². The summed E-state index contributed by atoms with van der Waals surface area (Å²) in [5.74, 6) is -0.793. The van der Waals surface area contributed by atoms with Crippen LogP contribution in [0.15, 0.2) is 48.5 Å². The fourth-order valence-electron chi connectivity index (χ4n) is 3.72. The standard InChI is InChI=1S/C23H25F2N5O2S/c1-16-13-22(30-11-3-2-4-12-30)28-23(26-16)27-19-6-8-20(9-7-19)29-33(31,32)15-17-14-18(24)5-10-21(17)25/h5-10,13-14,29H,2-4,11-12,15H2,1H3,(H,26,27,28). The van der Waals surface area contributed by atoms with Crippen molar-refractivity contribution in [2.45, 2.75) is 31.9 Å². The van der Waals surface area contributed by atoms with Crippen LogP contribution >= 0.6 is 0 Å². The van der Waals surface area contributed by atoms with E-state index in [-0.39, 0.29) is 5.56 Å². The highest BCUT2D eigenvalue weighted by molar-refractivity contribution is 7.91. The zero-order valence-corrected chi connectivity index (χ0v) is 19.0. The summed E-state index contributed by atoms with van der Waals surface area (Å²) in [4.78, 5) is 11.3. The maximum Gasteiger partial charge on any atom is 0.237 e. The van der Waals surface area contributed by atoms with Crippen LogP contribution in [-0.2, 0) is 15.8 Å². The fourth-order valence-corrected chi connectivity index (χ4v) is 4.92. The van der Waals surface area contributed by atoms with Crippen LogP contribution in [0.5, 0.6) is 0 Å². The third kappa shape index (κ3) is 6.16. The third-order valence-corrected chi connectivity index (χ3v) is 6.53. The van der Waals surface area contributed by atoms with Gasteiger partial charge in [0.2, 0.25) is 16.0 Å². The number of halogens is 2. The summed E-state index contributed by atoms with van der Waals surface area (Å²) in [6.45, 7) is 3.87. The van der Waals surface area contributed by atoms with E-state index in [0.29, 0.717) is 17.3 Å². The minimum atomic E-state index is -3.93. The van der Waals surface area contributed by atoms with Gasteiger partial charge in [-0.3, -0.25) is 4.72 Å². The summed E-state index contributed by atoms with van der Waals surface area (Å²) in [6, 6.07) is 11.2. The van der Waals surface area contributed by atoms with Gasteiger partial charge in [-0.15, -0.1) is 0 Å². The van der Waals surface area contributed by atoms with E-state index >= 15 is 0 Å². The first-order valence-electron chi connectivity index (χ1n) is 10.7. The number of hydrogen-bond acceptors (Lipinski definition) is 6. The van der Waals surface area contributed by atoms with Crippen molar-refractivity contribution >= 4 is 33.2 Å². The molecule has 0 bridgehead atoms. The first kappa shape index (κ1) is 22.9. The van der Waals surface area contributed by atoms with Gasteiger partial charge in [0.15, 0.2) is 0 Å². The number of sulfonamides is 1. The number of aromatic nitrogens is 2. The number of piperidine rings is 1. The molecule has 0 spiro atoms. The van der Waals surface area contributed by atoms with E-state index in [4.69, 9.17) is 0 Å². The van der Waals surface area contributed by atoms with E-state index in [2.05, 4.69) is 24.9 Å². The second-order valence-electron chi connectivity index (χ2n) is 8.04. The number of hydrogen-bond donors (Lipinski definition) is 2. The van der Waals surface area contributed by atoms with Crippen LogP contribution in [0.3, 0.4) is 0 Å². The Kier molecular flexibility index (Phi) is 6.73. The van der Waals surface area contributed by atoms with Crippen molar-refractivity contribution in [1.82, 2.24) is 9.97 Å². The highest BCUT2D eigenvalue weighted by Crippen LogP contribution is 2.23. The quantitative estimate of drug-likeness (QED) is 0.516. The summed E-state index contributed by atoms with van der Waals surface area (Å²) in [6.07, 6.45) is 3.53. The Bertz CT molecular complexity index is 1230. The molecule has 1 aromatic heterocycles. The predicted molar refractivity (Wildman–Crippen MR) is 125 cm³/mol. The van der Waals surface area contributed by atoms with E-state index in [9.17, 15) is 17.2 Å². The molecule has 1 saturated heterocycles. The molecule has 0 amide bonds. The Morgan fingerprint density at radius 1 is 0.939 bits per heavy atom. The second kappa shape index (κ2) is 9.70. The molecule has 3 aromatic rings. The number of benzene rings is 2. The molecule has 174 valence electrons. The van der Waals surface area contributed by atoms with Crippen LogP contribution in [0.4, 0.5) is 31.9 Å². The lowest BCUT2D eigenvalue weighted by Gasteiger charge is -2.28. The largest absolute Gasteiger partial charge is 0.356 e. The van der Waals surface area contributed by atoms with Gasteiger partial charge in [-0.2, -0.15) is 4.98 Å². The van der Waals surface area contributed by atoms with E-state index in [1.54, 1.807) is 24.3 Å². The highest BCUT2D eigenvalue weighted by atomic mass is 32.2. The molecule has 10 heteroatoms.